The smallest absolute Gasteiger partial charge is 0.321 e. The Kier molecular flexibility index (Phi) is 5.53. The summed E-state index contributed by atoms with van der Waals surface area (Å²) in [6.07, 6.45) is 1.38. The Morgan fingerprint density at radius 3 is 2.57 bits per heavy atom. The van der Waals surface area contributed by atoms with E-state index in [2.05, 4.69) is 5.32 Å². The Labute approximate surface area is 165 Å². The van der Waals surface area contributed by atoms with Gasteiger partial charge in [-0.25, -0.2) is 13.2 Å². The number of ether oxygens (including phenoxy) is 1. The van der Waals surface area contributed by atoms with Gasteiger partial charge in [0.25, 0.3) is 0 Å². The van der Waals surface area contributed by atoms with Crippen molar-refractivity contribution in [2.75, 3.05) is 58.5 Å². The van der Waals surface area contributed by atoms with Gasteiger partial charge in [-0.3, -0.25) is 4.79 Å². The van der Waals surface area contributed by atoms with Crippen LogP contribution in [0.25, 0.3) is 0 Å². The average molecular weight is 410 g/mol. The van der Waals surface area contributed by atoms with Gasteiger partial charge in [0.15, 0.2) is 0 Å². The molecule has 0 saturated carbocycles. The van der Waals surface area contributed by atoms with E-state index in [-0.39, 0.29) is 38.0 Å². The average Bonchev–Trinajstić information content (AvgIpc) is 2.79. The molecule has 0 bridgehead atoms. The molecule has 154 valence electrons. The number of carbonyl (C=O) groups excluding carboxylic acids is 2. The Morgan fingerprint density at radius 1 is 1.21 bits per heavy atom. The van der Waals surface area contributed by atoms with Crippen LogP contribution in [0.4, 0.5) is 10.5 Å². The Morgan fingerprint density at radius 2 is 1.96 bits per heavy atom. The van der Waals surface area contributed by atoms with E-state index in [0.717, 1.165) is 6.26 Å². The maximum atomic E-state index is 12.9. The number of urea groups is 1. The number of nitrogens with zero attached hydrogens (tertiary/aromatic N) is 3. The van der Waals surface area contributed by atoms with E-state index in [1.165, 1.54) is 4.31 Å². The highest BCUT2D eigenvalue weighted by atomic mass is 32.2. The highest BCUT2D eigenvalue weighted by molar-refractivity contribution is 7.88. The molecule has 0 radical (unpaired) electrons. The molecule has 0 aliphatic carbocycles. The first-order valence-corrected chi connectivity index (χ1v) is 10.9. The molecule has 1 atom stereocenters. The number of rotatable bonds is 3. The molecule has 0 aromatic heterocycles. The quantitative estimate of drug-likeness (QED) is 0.789. The molecular formula is C18H26N4O5S. The van der Waals surface area contributed by atoms with Crippen LogP contribution in [0.3, 0.4) is 0 Å². The highest BCUT2D eigenvalue weighted by Crippen LogP contribution is 2.35. The van der Waals surface area contributed by atoms with Gasteiger partial charge in [-0.1, -0.05) is 6.07 Å². The number of anilines is 1. The molecule has 10 heteroatoms. The van der Waals surface area contributed by atoms with Gasteiger partial charge in [-0.05, 0) is 12.1 Å². The van der Waals surface area contributed by atoms with E-state index in [4.69, 9.17) is 4.74 Å². The third-order valence-corrected chi connectivity index (χ3v) is 6.51. The molecule has 2 aliphatic rings. The first kappa shape index (κ1) is 20.4. The summed E-state index contributed by atoms with van der Waals surface area (Å²) in [7, 11) is -0.186. The SMILES string of the molecule is COc1cccc(NC(=O)N2CCN(S(C)(=O)=O)CC3(CC(=O)N(C)C3)C2)c1. The molecule has 2 saturated heterocycles. The van der Waals surface area contributed by atoms with E-state index in [0.29, 0.717) is 24.5 Å². The molecule has 2 fully saturated rings. The zero-order chi connectivity index (χ0) is 20.5. The molecule has 2 heterocycles. The van der Waals surface area contributed by atoms with Crippen molar-refractivity contribution in [3.05, 3.63) is 24.3 Å². The van der Waals surface area contributed by atoms with E-state index in [9.17, 15) is 18.0 Å². The molecule has 28 heavy (non-hydrogen) atoms. The van der Waals surface area contributed by atoms with Crippen molar-refractivity contribution in [3.63, 3.8) is 0 Å². The van der Waals surface area contributed by atoms with Crippen molar-refractivity contribution >= 4 is 27.6 Å². The van der Waals surface area contributed by atoms with Gasteiger partial charge in [-0.15, -0.1) is 0 Å². The van der Waals surface area contributed by atoms with Crippen molar-refractivity contribution < 1.29 is 22.7 Å². The lowest BCUT2D eigenvalue weighted by atomic mass is 9.86. The summed E-state index contributed by atoms with van der Waals surface area (Å²) in [5.74, 6) is 0.583. The minimum Gasteiger partial charge on any atom is -0.497 e. The minimum absolute atomic E-state index is 0.0384. The standard InChI is InChI=1S/C18H26N4O5S/c1-20-11-18(10-16(20)23)12-21(7-8-22(13-18)28(3,25)26)17(24)19-14-5-4-6-15(9-14)27-2/h4-6,9H,7-8,10-13H2,1-3H3,(H,19,24). The number of nitrogens with one attached hydrogen (secondary N) is 1. The number of sulfonamides is 1. The molecule has 1 N–H and O–H groups in total. The van der Waals surface area contributed by atoms with Crippen molar-refractivity contribution in [2.45, 2.75) is 6.42 Å². The predicted molar refractivity (Wildman–Crippen MR) is 105 cm³/mol. The zero-order valence-corrected chi connectivity index (χ0v) is 17.2. The van der Waals surface area contributed by atoms with Gasteiger partial charge in [-0.2, -0.15) is 4.31 Å². The van der Waals surface area contributed by atoms with Gasteiger partial charge in [0.05, 0.1) is 13.4 Å². The Bertz CT molecular complexity index is 874. The Hall–Kier alpha value is -2.33. The van der Waals surface area contributed by atoms with Gasteiger partial charge in [0.1, 0.15) is 5.75 Å². The summed E-state index contributed by atoms with van der Waals surface area (Å²) < 4.78 is 30.9. The van der Waals surface area contributed by atoms with Crippen LogP contribution < -0.4 is 10.1 Å². The first-order chi connectivity index (χ1) is 13.1. The minimum atomic E-state index is -3.44. The fraction of sp³-hybridized carbons (Fsp3) is 0.556. The summed E-state index contributed by atoms with van der Waals surface area (Å²) in [5.41, 5.74) is -0.0286. The van der Waals surface area contributed by atoms with Crippen LogP contribution >= 0.6 is 0 Å². The molecule has 2 aliphatic heterocycles. The van der Waals surface area contributed by atoms with E-state index >= 15 is 0 Å². The van der Waals surface area contributed by atoms with Gasteiger partial charge in [0, 0.05) is 63.4 Å². The van der Waals surface area contributed by atoms with Gasteiger partial charge in [0.2, 0.25) is 15.9 Å². The van der Waals surface area contributed by atoms with Crippen molar-refractivity contribution in [3.8, 4) is 5.75 Å². The first-order valence-electron chi connectivity index (χ1n) is 9.01. The lowest BCUT2D eigenvalue weighted by Gasteiger charge is -2.32. The van der Waals surface area contributed by atoms with Gasteiger partial charge >= 0.3 is 6.03 Å². The molecule has 9 nitrogen and oxygen atoms in total. The predicted octanol–water partition coefficient (Wildman–Crippen LogP) is 0.653. The maximum absolute atomic E-state index is 12.9. The molecule has 1 aromatic rings. The molecule has 3 amide bonds. The van der Waals surface area contributed by atoms with Crippen molar-refractivity contribution in [1.29, 1.82) is 0 Å². The summed E-state index contributed by atoms with van der Waals surface area (Å²) in [6, 6.07) is 6.68. The van der Waals surface area contributed by atoms with E-state index < -0.39 is 15.4 Å². The maximum Gasteiger partial charge on any atom is 0.321 e. The van der Waals surface area contributed by atoms with Crippen LogP contribution in [0, 0.1) is 5.41 Å². The zero-order valence-electron chi connectivity index (χ0n) is 16.3. The van der Waals surface area contributed by atoms with Crippen molar-refractivity contribution in [2.24, 2.45) is 5.41 Å². The Balaban J connectivity index is 1.82. The lowest BCUT2D eigenvalue weighted by Crippen LogP contribution is -2.45. The number of methoxy groups -OCH3 is 1. The largest absolute Gasteiger partial charge is 0.497 e. The summed E-state index contributed by atoms with van der Waals surface area (Å²) in [4.78, 5) is 28.3. The van der Waals surface area contributed by atoms with Crippen LogP contribution in [0.5, 0.6) is 5.75 Å². The van der Waals surface area contributed by atoms with Crippen molar-refractivity contribution in [1.82, 2.24) is 14.1 Å². The van der Waals surface area contributed by atoms with Crippen LogP contribution in [-0.4, -0.2) is 87.6 Å². The molecular weight excluding hydrogens is 384 g/mol. The summed E-state index contributed by atoms with van der Waals surface area (Å²) >= 11 is 0. The second-order valence-corrected chi connectivity index (χ2v) is 9.59. The number of benzene rings is 1. The van der Waals surface area contributed by atoms with Crippen LogP contribution in [0.15, 0.2) is 24.3 Å². The number of amides is 3. The van der Waals surface area contributed by atoms with E-state index in [1.54, 1.807) is 48.2 Å². The normalized spacial score (nSPS) is 23.8. The highest BCUT2D eigenvalue weighted by Gasteiger charge is 2.47. The van der Waals surface area contributed by atoms with Crippen LogP contribution in [0.2, 0.25) is 0 Å². The van der Waals surface area contributed by atoms with E-state index in [1.807, 2.05) is 0 Å². The molecule has 1 unspecified atom stereocenters. The number of hydrogen-bond acceptors (Lipinski definition) is 5. The molecule has 1 spiro atoms. The molecule has 1 aromatic carbocycles. The monoisotopic (exact) mass is 410 g/mol. The topological polar surface area (TPSA) is 99.3 Å². The van der Waals surface area contributed by atoms with Crippen LogP contribution in [0.1, 0.15) is 6.42 Å². The molecule has 3 rings (SSSR count). The third-order valence-electron chi connectivity index (χ3n) is 5.26. The summed E-state index contributed by atoms with van der Waals surface area (Å²) in [6.45, 7) is 1.41. The number of hydrogen-bond donors (Lipinski definition) is 1. The van der Waals surface area contributed by atoms with Gasteiger partial charge < -0.3 is 19.9 Å². The fourth-order valence-electron chi connectivity index (χ4n) is 3.89. The number of carbonyl (C=O) groups is 2. The number of likely N-dealkylation sites (tertiary alicyclic amines) is 1. The summed E-state index contributed by atoms with van der Waals surface area (Å²) in [5, 5.41) is 2.84. The second-order valence-electron chi connectivity index (χ2n) is 7.61. The lowest BCUT2D eigenvalue weighted by molar-refractivity contribution is -0.126. The third kappa shape index (κ3) is 4.39. The second kappa shape index (κ2) is 7.59. The fourth-order valence-corrected chi connectivity index (χ4v) is 4.82. The van der Waals surface area contributed by atoms with Crippen LogP contribution in [-0.2, 0) is 14.8 Å².